The smallest absolute Gasteiger partial charge is 0.321 e. The number of anilines is 1. The van der Waals surface area contributed by atoms with Gasteiger partial charge in [-0.3, -0.25) is 4.68 Å². The van der Waals surface area contributed by atoms with Crippen molar-refractivity contribution < 1.29 is 4.79 Å². The monoisotopic (exact) mass is 310 g/mol. The van der Waals surface area contributed by atoms with E-state index >= 15 is 0 Å². The number of likely N-dealkylation sites (tertiary alicyclic amines) is 1. The first-order valence-electron chi connectivity index (χ1n) is 7.63. The molecule has 0 bridgehead atoms. The van der Waals surface area contributed by atoms with E-state index in [1.165, 1.54) is 6.33 Å². The number of rotatable bonds is 3. The van der Waals surface area contributed by atoms with Crippen molar-refractivity contribution in [3.05, 3.63) is 42.5 Å². The predicted octanol–water partition coefficient (Wildman–Crippen LogP) is 2.09. The normalized spacial score (nSPS) is 17.5. The van der Waals surface area contributed by atoms with Crippen LogP contribution in [0.15, 0.2) is 36.9 Å². The molecule has 1 fully saturated rings. The van der Waals surface area contributed by atoms with Gasteiger partial charge in [0.2, 0.25) is 0 Å². The first-order valence-corrected chi connectivity index (χ1v) is 7.63. The molecule has 0 radical (unpaired) electrons. The van der Waals surface area contributed by atoms with Gasteiger partial charge in [-0.1, -0.05) is 6.07 Å². The van der Waals surface area contributed by atoms with E-state index in [9.17, 15) is 4.79 Å². The second-order valence-electron chi connectivity index (χ2n) is 5.69. The van der Waals surface area contributed by atoms with Crippen LogP contribution in [0.2, 0.25) is 0 Å². The Bertz CT molecular complexity index is 706. The molecule has 3 rings (SSSR count). The summed E-state index contributed by atoms with van der Waals surface area (Å²) >= 11 is 0. The molecule has 7 heteroatoms. The summed E-state index contributed by atoms with van der Waals surface area (Å²) in [5, 5.41) is 15.9. The number of hydrogen-bond donors (Lipinski definition) is 1. The highest BCUT2D eigenvalue weighted by Gasteiger charge is 2.24. The Morgan fingerprint density at radius 3 is 3.17 bits per heavy atom. The van der Waals surface area contributed by atoms with Crippen LogP contribution >= 0.6 is 0 Å². The van der Waals surface area contributed by atoms with Crippen molar-refractivity contribution in [1.29, 1.82) is 5.26 Å². The van der Waals surface area contributed by atoms with Gasteiger partial charge in [0.15, 0.2) is 0 Å². The SMILES string of the molecule is N#Cc1cccc(NC(=O)N2CCC[C@H](Cn3cncn3)C2)c1. The van der Waals surface area contributed by atoms with Gasteiger partial charge in [0.25, 0.3) is 0 Å². The Hall–Kier alpha value is -2.88. The fourth-order valence-electron chi connectivity index (χ4n) is 2.86. The van der Waals surface area contributed by atoms with Gasteiger partial charge in [0.1, 0.15) is 12.7 Å². The van der Waals surface area contributed by atoms with Crippen LogP contribution in [0, 0.1) is 17.2 Å². The number of nitrogens with one attached hydrogen (secondary N) is 1. The molecule has 2 heterocycles. The number of nitrogens with zero attached hydrogens (tertiary/aromatic N) is 5. The molecule has 2 amide bonds. The lowest BCUT2D eigenvalue weighted by Crippen LogP contribution is -2.43. The highest BCUT2D eigenvalue weighted by molar-refractivity contribution is 5.89. The van der Waals surface area contributed by atoms with Crippen LogP contribution in [0.4, 0.5) is 10.5 Å². The Kier molecular flexibility index (Phi) is 4.52. The third-order valence-electron chi connectivity index (χ3n) is 3.96. The molecule has 1 aromatic heterocycles. The highest BCUT2D eigenvalue weighted by atomic mass is 16.2. The van der Waals surface area contributed by atoms with Crippen LogP contribution < -0.4 is 5.32 Å². The molecule has 1 atom stereocenters. The summed E-state index contributed by atoms with van der Waals surface area (Å²) in [6.07, 6.45) is 5.28. The van der Waals surface area contributed by atoms with E-state index in [1.807, 2.05) is 9.58 Å². The molecule has 118 valence electrons. The van der Waals surface area contributed by atoms with Gasteiger partial charge < -0.3 is 10.2 Å². The van der Waals surface area contributed by atoms with Gasteiger partial charge >= 0.3 is 6.03 Å². The third kappa shape index (κ3) is 3.86. The average molecular weight is 310 g/mol. The Morgan fingerprint density at radius 2 is 2.39 bits per heavy atom. The maximum Gasteiger partial charge on any atom is 0.321 e. The summed E-state index contributed by atoms with van der Waals surface area (Å²) in [7, 11) is 0. The molecule has 23 heavy (non-hydrogen) atoms. The number of urea groups is 1. The number of benzene rings is 1. The lowest BCUT2D eigenvalue weighted by Gasteiger charge is -2.32. The second kappa shape index (κ2) is 6.92. The summed E-state index contributed by atoms with van der Waals surface area (Å²) in [5.74, 6) is 0.377. The van der Waals surface area contributed by atoms with Crippen molar-refractivity contribution in [2.75, 3.05) is 18.4 Å². The molecule has 1 saturated heterocycles. The second-order valence-corrected chi connectivity index (χ2v) is 5.69. The topological polar surface area (TPSA) is 86.8 Å². The van der Waals surface area contributed by atoms with Gasteiger partial charge in [0.05, 0.1) is 11.6 Å². The average Bonchev–Trinajstić information content (AvgIpc) is 3.08. The molecule has 0 spiro atoms. The maximum atomic E-state index is 12.4. The molecule has 0 saturated carbocycles. The van der Waals surface area contributed by atoms with Crippen molar-refractivity contribution >= 4 is 11.7 Å². The molecule has 1 aliphatic heterocycles. The Labute approximate surface area is 134 Å². The first kappa shape index (κ1) is 15.0. The number of amides is 2. The van der Waals surface area contributed by atoms with Crippen LogP contribution in [0.5, 0.6) is 0 Å². The van der Waals surface area contributed by atoms with Gasteiger partial charge in [-0.15, -0.1) is 0 Å². The molecule has 0 unspecified atom stereocenters. The number of piperidine rings is 1. The van der Waals surface area contributed by atoms with Crippen molar-refractivity contribution in [1.82, 2.24) is 19.7 Å². The van der Waals surface area contributed by atoms with E-state index in [4.69, 9.17) is 5.26 Å². The zero-order chi connectivity index (χ0) is 16.1. The molecule has 2 aromatic rings. The number of hydrogen-bond acceptors (Lipinski definition) is 4. The standard InChI is InChI=1S/C16H18N6O/c17-8-13-3-1-5-15(7-13)20-16(23)21-6-2-4-14(9-21)10-22-12-18-11-19-22/h1,3,5,7,11-12,14H,2,4,6,9-10H2,(H,20,23)/t14-/m0/s1. The van der Waals surface area contributed by atoms with E-state index in [1.54, 1.807) is 30.6 Å². The Morgan fingerprint density at radius 1 is 1.48 bits per heavy atom. The minimum absolute atomic E-state index is 0.122. The zero-order valence-electron chi connectivity index (χ0n) is 12.7. The summed E-state index contributed by atoms with van der Waals surface area (Å²) in [5.41, 5.74) is 1.18. The van der Waals surface area contributed by atoms with Gasteiger partial charge in [-0.25, -0.2) is 9.78 Å². The molecule has 1 aliphatic rings. The number of carbonyl (C=O) groups excluding carboxylic acids is 1. The highest BCUT2D eigenvalue weighted by Crippen LogP contribution is 2.19. The van der Waals surface area contributed by atoms with E-state index in [0.29, 0.717) is 23.7 Å². The fourth-order valence-corrected chi connectivity index (χ4v) is 2.86. The molecule has 1 N–H and O–H groups in total. The third-order valence-corrected chi connectivity index (χ3v) is 3.96. The molecular weight excluding hydrogens is 292 g/mol. The Balaban J connectivity index is 1.59. The van der Waals surface area contributed by atoms with E-state index in [-0.39, 0.29) is 6.03 Å². The van der Waals surface area contributed by atoms with Crippen LogP contribution in [0.3, 0.4) is 0 Å². The molecule has 1 aromatic carbocycles. The van der Waals surface area contributed by atoms with Crippen molar-refractivity contribution in [3.8, 4) is 6.07 Å². The van der Waals surface area contributed by atoms with Crippen LogP contribution in [0.25, 0.3) is 0 Å². The maximum absolute atomic E-state index is 12.4. The lowest BCUT2D eigenvalue weighted by molar-refractivity contribution is 0.168. The van der Waals surface area contributed by atoms with Crippen molar-refractivity contribution in [2.45, 2.75) is 19.4 Å². The first-order chi connectivity index (χ1) is 11.2. The van der Waals surface area contributed by atoms with Crippen LogP contribution in [-0.4, -0.2) is 38.8 Å². The summed E-state index contributed by atoms with van der Waals surface area (Å²) < 4.78 is 1.81. The summed E-state index contributed by atoms with van der Waals surface area (Å²) in [6, 6.07) is 8.89. The van der Waals surface area contributed by atoms with Gasteiger partial charge in [-0.2, -0.15) is 10.4 Å². The molecular formula is C16H18N6O. The van der Waals surface area contributed by atoms with E-state index in [2.05, 4.69) is 21.5 Å². The predicted molar refractivity (Wildman–Crippen MR) is 84.5 cm³/mol. The number of nitriles is 1. The quantitative estimate of drug-likeness (QED) is 0.940. The minimum atomic E-state index is -0.122. The largest absolute Gasteiger partial charge is 0.324 e. The number of carbonyl (C=O) groups is 1. The van der Waals surface area contributed by atoms with Gasteiger partial charge in [0, 0.05) is 25.3 Å². The lowest BCUT2D eigenvalue weighted by atomic mass is 9.98. The summed E-state index contributed by atoms with van der Waals surface area (Å²) in [6.45, 7) is 2.22. The van der Waals surface area contributed by atoms with E-state index in [0.717, 1.165) is 25.9 Å². The zero-order valence-corrected chi connectivity index (χ0v) is 12.7. The molecule has 7 nitrogen and oxygen atoms in total. The molecule has 0 aliphatic carbocycles. The fraction of sp³-hybridized carbons (Fsp3) is 0.375. The van der Waals surface area contributed by atoms with Gasteiger partial charge in [-0.05, 0) is 37.0 Å². The van der Waals surface area contributed by atoms with E-state index < -0.39 is 0 Å². The van der Waals surface area contributed by atoms with Crippen molar-refractivity contribution in [3.63, 3.8) is 0 Å². The van der Waals surface area contributed by atoms with Crippen LogP contribution in [0.1, 0.15) is 18.4 Å². The summed E-state index contributed by atoms with van der Waals surface area (Å²) in [4.78, 5) is 18.2. The number of aromatic nitrogens is 3. The minimum Gasteiger partial charge on any atom is -0.324 e. The van der Waals surface area contributed by atoms with Crippen molar-refractivity contribution in [2.24, 2.45) is 5.92 Å². The van der Waals surface area contributed by atoms with Crippen LogP contribution in [-0.2, 0) is 6.54 Å².